The molecule has 0 amide bonds. The van der Waals surface area contributed by atoms with Gasteiger partial charge in [0.2, 0.25) is 0 Å². The molecule has 2 aromatic heterocycles. The summed E-state index contributed by atoms with van der Waals surface area (Å²) in [5.74, 6) is 0. The molecule has 0 N–H and O–H groups in total. The summed E-state index contributed by atoms with van der Waals surface area (Å²) in [6.07, 6.45) is 0. The van der Waals surface area contributed by atoms with Crippen LogP contribution in [0, 0.1) is 6.92 Å². The van der Waals surface area contributed by atoms with E-state index in [1.807, 2.05) is 11.3 Å². The van der Waals surface area contributed by atoms with Crippen LogP contribution in [-0.4, -0.2) is 11.3 Å². The molecule has 14 rings (SSSR count). The van der Waals surface area contributed by atoms with Crippen LogP contribution in [0.15, 0.2) is 212 Å². The highest BCUT2D eigenvalue weighted by molar-refractivity contribution is 7.25. The summed E-state index contributed by atoms with van der Waals surface area (Å²) < 4.78 is 5.04. The van der Waals surface area contributed by atoms with Crippen LogP contribution in [0.25, 0.3) is 47.7 Å². The van der Waals surface area contributed by atoms with E-state index in [1.165, 1.54) is 109 Å². The molecule has 12 aromatic rings. The molecule has 0 spiro atoms. The first kappa shape index (κ1) is 49.0. The fourth-order valence-corrected chi connectivity index (χ4v) is 13.9. The van der Waals surface area contributed by atoms with Crippen molar-refractivity contribution >= 4 is 128 Å². The molecule has 10 aromatic carbocycles. The first-order chi connectivity index (χ1) is 38.0. The van der Waals surface area contributed by atoms with Crippen LogP contribution in [0.4, 0.5) is 51.2 Å². The highest BCUT2D eigenvalue weighted by Gasteiger charge is 2.44. The van der Waals surface area contributed by atoms with Gasteiger partial charge >= 0.3 is 0 Å². The normalized spacial score (nSPS) is 13.4. The Balaban J connectivity index is 1.03. The zero-order valence-corrected chi connectivity index (χ0v) is 47.8. The highest BCUT2D eigenvalue weighted by atomic mass is 32.1. The van der Waals surface area contributed by atoms with Gasteiger partial charge in [-0.3, -0.25) is 0 Å². The Kier molecular flexibility index (Phi) is 11.1. The van der Waals surface area contributed by atoms with Gasteiger partial charge in [0.1, 0.15) is 0 Å². The van der Waals surface area contributed by atoms with Crippen molar-refractivity contribution in [1.82, 2.24) is 4.57 Å². The SMILES string of the molecule is Cc1cc2c3c(c1)N(c1ccc4c(c1)sc1ccccc14)c1cc(C(C)(C)C)ccc1B3c1ccc(N(c3ccc(C(C)(C)C)cc3)c3ccc4c5ccccc5n(-c5ccccc5)c4c3)cc1N2c1ccc(C(C)(C)C)cc1. The molecule has 0 saturated heterocycles. The van der Waals surface area contributed by atoms with Gasteiger partial charge in [0, 0.05) is 87.8 Å². The van der Waals surface area contributed by atoms with E-state index < -0.39 is 0 Å². The van der Waals surface area contributed by atoms with Crippen molar-refractivity contribution in [2.45, 2.75) is 85.5 Å². The molecular formula is C73H65BN4S. The fourth-order valence-electron chi connectivity index (χ4n) is 12.8. The van der Waals surface area contributed by atoms with Crippen molar-refractivity contribution in [3.8, 4) is 5.69 Å². The average Bonchev–Trinajstić information content (AvgIpc) is 4.05. The zero-order valence-electron chi connectivity index (χ0n) is 47.0. The molecule has 2 aliphatic rings. The van der Waals surface area contributed by atoms with Gasteiger partial charge in [-0.2, -0.15) is 0 Å². The second kappa shape index (κ2) is 17.9. The van der Waals surface area contributed by atoms with Gasteiger partial charge in [-0.05, 0) is 165 Å². The van der Waals surface area contributed by atoms with Gasteiger partial charge < -0.3 is 19.3 Å². The number of aromatic nitrogens is 1. The molecule has 0 unspecified atom stereocenters. The van der Waals surface area contributed by atoms with E-state index in [2.05, 4.69) is 301 Å². The number of anilines is 9. The number of nitrogens with zero attached hydrogens (tertiary/aromatic N) is 4. The second-order valence-corrected chi connectivity index (χ2v) is 26.3. The van der Waals surface area contributed by atoms with Crippen LogP contribution in [0.1, 0.15) is 84.6 Å². The molecule has 79 heavy (non-hydrogen) atoms. The van der Waals surface area contributed by atoms with Gasteiger partial charge in [-0.15, -0.1) is 11.3 Å². The minimum Gasteiger partial charge on any atom is -0.311 e. The monoisotopic (exact) mass is 1040 g/mol. The molecule has 4 nitrogen and oxygen atoms in total. The lowest BCUT2D eigenvalue weighted by Gasteiger charge is -2.45. The van der Waals surface area contributed by atoms with Crippen molar-refractivity contribution < 1.29 is 0 Å². The van der Waals surface area contributed by atoms with Gasteiger partial charge in [0.05, 0.1) is 11.0 Å². The minimum atomic E-state index is -0.0589. The molecule has 0 saturated carbocycles. The third-order valence-corrected chi connectivity index (χ3v) is 18.0. The minimum absolute atomic E-state index is 0.00109. The third-order valence-electron chi connectivity index (χ3n) is 16.9. The zero-order chi connectivity index (χ0) is 54.3. The molecular weight excluding hydrogens is 976 g/mol. The second-order valence-electron chi connectivity index (χ2n) is 25.2. The molecule has 386 valence electrons. The van der Waals surface area contributed by atoms with Gasteiger partial charge in [-0.1, -0.05) is 172 Å². The Labute approximate surface area is 469 Å². The summed E-state index contributed by atoms with van der Waals surface area (Å²) in [5, 5.41) is 5.09. The van der Waals surface area contributed by atoms with Crippen molar-refractivity contribution in [1.29, 1.82) is 0 Å². The van der Waals surface area contributed by atoms with E-state index in [0.717, 1.165) is 28.4 Å². The van der Waals surface area contributed by atoms with E-state index in [4.69, 9.17) is 0 Å². The first-order valence-corrected chi connectivity index (χ1v) is 28.8. The number of thiophene rings is 1. The van der Waals surface area contributed by atoms with E-state index in [9.17, 15) is 0 Å². The average molecular weight is 1040 g/mol. The van der Waals surface area contributed by atoms with E-state index >= 15 is 0 Å². The maximum Gasteiger partial charge on any atom is 0.252 e. The summed E-state index contributed by atoms with van der Waals surface area (Å²) in [6.45, 7) is 23.0. The van der Waals surface area contributed by atoms with Crippen LogP contribution >= 0.6 is 11.3 Å². The standard InChI is InChI=1S/C73H65BN4S/c1-46-40-66-70-67(41-46)78(55-34-37-59-58-21-15-17-23-68(58)79-69(59)45-55)64-42-49(73(8,9)10)28-38-60(64)74(70)61-39-35-54(44-65(61)77(66)52-31-26-48(27-32-52)72(5,6)7)75(51-29-24-47(25-30-51)71(2,3)4)53-33-36-57-56-20-14-16-22-62(56)76(63(57)43-53)50-18-12-11-13-19-50/h11-45H,1-10H3. The van der Waals surface area contributed by atoms with Gasteiger partial charge in [0.25, 0.3) is 6.71 Å². The Morgan fingerprint density at radius 1 is 0.367 bits per heavy atom. The lowest BCUT2D eigenvalue weighted by Crippen LogP contribution is -2.61. The molecule has 0 fully saturated rings. The fraction of sp³-hybridized carbons (Fsp3) is 0.178. The molecule has 0 atom stereocenters. The number of rotatable bonds is 6. The van der Waals surface area contributed by atoms with Crippen LogP contribution in [0.5, 0.6) is 0 Å². The summed E-state index contributed by atoms with van der Waals surface area (Å²) >= 11 is 1.89. The summed E-state index contributed by atoms with van der Waals surface area (Å²) in [4.78, 5) is 7.64. The first-order valence-electron chi connectivity index (χ1n) is 28.0. The summed E-state index contributed by atoms with van der Waals surface area (Å²) in [5.41, 5.74) is 23.0. The maximum absolute atomic E-state index is 2.59. The summed E-state index contributed by atoms with van der Waals surface area (Å²) in [7, 11) is 0. The van der Waals surface area contributed by atoms with Crippen LogP contribution in [0.2, 0.25) is 0 Å². The van der Waals surface area contributed by atoms with Crippen LogP contribution in [0.3, 0.4) is 0 Å². The topological polar surface area (TPSA) is 14.7 Å². The smallest absolute Gasteiger partial charge is 0.252 e. The van der Waals surface area contributed by atoms with E-state index in [0.29, 0.717) is 0 Å². The highest BCUT2D eigenvalue weighted by Crippen LogP contribution is 2.49. The number of hydrogen-bond acceptors (Lipinski definition) is 4. The van der Waals surface area contributed by atoms with E-state index in [-0.39, 0.29) is 23.0 Å². The molecule has 0 bridgehead atoms. The number of aryl methyl sites for hydroxylation is 1. The largest absolute Gasteiger partial charge is 0.311 e. The Bertz CT molecular complexity index is 4390. The van der Waals surface area contributed by atoms with Crippen LogP contribution < -0.4 is 31.1 Å². The quantitative estimate of drug-likeness (QED) is 0.154. The predicted octanol–water partition coefficient (Wildman–Crippen LogP) is 18.9. The van der Waals surface area contributed by atoms with Gasteiger partial charge in [-0.25, -0.2) is 0 Å². The maximum atomic E-state index is 2.59. The Morgan fingerprint density at radius 3 is 1.57 bits per heavy atom. The lowest BCUT2D eigenvalue weighted by molar-refractivity contribution is 0.590. The van der Waals surface area contributed by atoms with E-state index in [1.54, 1.807) is 0 Å². The van der Waals surface area contributed by atoms with Crippen molar-refractivity contribution in [3.63, 3.8) is 0 Å². The number of para-hydroxylation sites is 2. The molecule has 4 heterocycles. The van der Waals surface area contributed by atoms with Crippen LogP contribution in [-0.2, 0) is 16.2 Å². The third kappa shape index (κ3) is 8.01. The molecule has 0 aliphatic carbocycles. The van der Waals surface area contributed by atoms with Crippen molar-refractivity contribution in [2.24, 2.45) is 0 Å². The lowest BCUT2D eigenvalue weighted by atomic mass is 9.33. The molecule has 2 aliphatic heterocycles. The predicted molar refractivity (Wildman–Crippen MR) is 343 cm³/mol. The number of fused-ring (bicyclic) bond motifs is 10. The number of benzene rings is 10. The van der Waals surface area contributed by atoms with Crippen molar-refractivity contribution in [2.75, 3.05) is 14.7 Å². The molecule has 0 radical (unpaired) electrons. The van der Waals surface area contributed by atoms with Crippen molar-refractivity contribution in [3.05, 3.63) is 235 Å². The molecule has 6 heteroatoms. The summed E-state index contributed by atoms with van der Waals surface area (Å²) in [6, 6.07) is 80.9. The van der Waals surface area contributed by atoms with Gasteiger partial charge in [0.15, 0.2) is 0 Å². The number of hydrogen-bond donors (Lipinski definition) is 0. The Hall–Kier alpha value is -8.32. The Morgan fingerprint density at radius 2 is 0.873 bits per heavy atom.